The second-order valence-corrected chi connectivity index (χ2v) is 3.45. The second-order valence-electron chi connectivity index (χ2n) is 2.18. The Balaban J connectivity index is 2.13. The molecule has 0 aromatic rings. The summed E-state index contributed by atoms with van der Waals surface area (Å²) in [6.07, 6.45) is 0.387. The summed E-state index contributed by atoms with van der Waals surface area (Å²) in [6, 6.07) is 0. The molecule has 1 unspecified atom stereocenters. The van der Waals surface area contributed by atoms with Crippen LogP contribution in [0.25, 0.3) is 0 Å². The lowest BCUT2D eigenvalue weighted by Crippen LogP contribution is -2.12. The van der Waals surface area contributed by atoms with Gasteiger partial charge in [-0.2, -0.15) is 0 Å². The van der Waals surface area contributed by atoms with E-state index in [4.69, 9.17) is 9.47 Å². The van der Waals surface area contributed by atoms with Crippen LogP contribution >= 0.6 is 11.8 Å². The first-order valence-electron chi connectivity index (χ1n) is 3.71. The van der Waals surface area contributed by atoms with Crippen LogP contribution in [0.5, 0.6) is 0 Å². The first kappa shape index (κ1) is 8.87. The van der Waals surface area contributed by atoms with E-state index in [0.29, 0.717) is 13.0 Å². The quantitative estimate of drug-likeness (QED) is 0.602. The molecular formula is C7H12O3S. The van der Waals surface area contributed by atoms with Crippen molar-refractivity contribution in [1.29, 1.82) is 0 Å². The van der Waals surface area contributed by atoms with E-state index < -0.39 is 0 Å². The average Bonchev–Trinajstić information content (AvgIpc) is 2.40. The van der Waals surface area contributed by atoms with E-state index in [1.807, 2.05) is 0 Å². The van der Waals surface area contributed by atoms with Gasteiger partial charge in [-0.3, -0.25) is 4.79 Å². The molecule has 1 fully saturated rings. The molecule has 4 heteroatoms. The van der Waals surface area contributed by atoms with E-state index >= 15 is 0 Å². The third-order valence-corrected chi connectivity index (χ3v) is 2.41. The number of hydrogen-bond acceptors (Lipinski definition) is 4. The van der Waals surface area contributed by atoms with E-state index in [0.717, 1.165) is 12.4 Å². The Morgan fingerprint density at radius 3 is 3.18 bits per heavy atom. The van der Waals surface area contributed by atoms with Crippen molar-refractivity contribution in [2.24, 2.45) is 0 Å². The van der Waals surface area contributed by atoms with Gasteiger partial charge in [-0.15, -0.1) is 11.8 Å². The third-order valence-electron chi connectivity index (χ3n) is 1.33. The number of thioether (sulfide) groups is 1. The lowest BCUT2D eigenvalue weighted by atomic mass is 10.4. The molecule has 0 bridgehead atoms. The van der Waals surface area contributed by atoms with Gasteiger partial charge < -0.3 is 9.47 Å². The predicted molar refractivity (Wildman–Crippen MR) is 43.4 cm³/mol. The molecule has 0 radical (unpaired) electrons. The first-order valence-corrected chi connectivity index (χ1v) is 4.76. The molecule has 0 spiro atoms. The summed E-state index contributed by atoms with van der Waals surface area (Å²) in [5.74, 6) is 0.830. The summed E-state index contributed by atoms with van der Waals surface area (Å²) >= 11 is 1.67. The Morgan fingerprint density at radius 2 is 2.64 bits per heavy atom. The summed E-state index contributed by atoms with van der Waals surface area (Å²) in [4.78, 5) is 10.9. The maximum Gasteiger partial charge on any atom is 0.309 e. The number of carbonyl (C=O) groups excluding carboxylic acids is 1. The van der Waals surface area contributed by atoms with Crippen LogP contribution in [-0.2, 0) is 14.3 Å². The van der Waals surface area contributed by atoms with Crippen molar-refractivity contribution in [1.82, 2.24) is 0 Å². The summed E-state index contributed by atoms with van der Waals surface area (Å²) < 4.78 is 10.0. The highest BCUT2D eigenvalue weighted by atomic mass is 32.2. The highest BCUT2D eigenvalue weighted by molar-refractivity contribution is 8.00. The lowest BCUT2D eigenvalue weighted by molar-refractivity contribution is -0.144. The SMILES string of the molecule is CCOC(=O)CC1OCCS1. The maximum atomic E-state index is 10.9. The van der Waals surface area contributed by atoms with Gasteiger partial charge in [0.2, 0.25) is 0 Å². The Morgan fingerprint density at radius 1 is 1.82 bits per heavy atom. The van der Waals surface area contributed by atoms with Gasteiger partial charge in [-0.05, 0) is 6.92 Å². The number of ether oxygens (including phenoxy) is 2. The van der Waals surface area contributed by atoms with Crippen LogP contribution in [0.3, 0.4) is 0 Å². The van der Waals surface area contributed by atoms with E-state index in [1.165, 1.54) is 0 Å². The Kier molecular flexibility index (Phi) is 3.72. The van der Waals surface area contributed by atoms with Crippen LogP contribution in [0.4, 0.5) is 0 Å². The summed E-state index contributed by atoms with van der Waals surface area (Å²) in [5.41, 5.74) is 0.0362. The normalized spacial score (nSPS) is 23.5. The van der Waals surface area contributed by atoms with E-state index in [1.54, 1.807) is 18.7 Å². The minimum Gasteiger partial charge on any atom is -0.466 e. The molecule has 1 aliphatic heterocycles. The fourth-order valence-electron chi connectivity index (χ4n) is 0.881. The molecular weight excluding hydrogens is 164 g/mol. The van der Waals surface area contributed by atoms with Crippen molar-refractivity contribution < 1.29 is 14.3 Å². The Hall–Kier alpha value is -0.220. The van der Waals surface area contributed by atoms with Crippen molar-refractivity contribution in [3.05, 3.63) is 0 Å². The molecule has 11 heavy (non-hydrogen) atoms. The third kappa shape index (κ3) is 3.12. The van der Waals surface area contributed by atoms with Gasteiger partial charge in [0.25, 0.3) is 0 Å². The van der Waals surface area contributed by atoms with Crippen LogP contribution in [0.1, 0.15) is 13.3 Å². The number of carbonyl (C=O) groups is 1. The largest absolute Gasteiger partial charge is 0.466 e. The number of hydrogen-bond donors (Lipinski definition) is 0. The van der Waals surface area contributed by atoms with Gasteiger partial charge in [-0.25, -0.2) is 0 Å². The fourth-order valence-corrected chi connectivity index (χ4v) is 1.78. The van der Waals surface area contributed by atoms with Gasteiger partial charge in [-0.1, -0.05) is 0 Å². The Labute approximate surface area is 70.4 Å². The van der Waals surface area contributed by atoms with Gasteiger partial charge >= 0.3 is 5.97 Å². The summed E-state index contributed by atoms with van der Waals surface area (Å²) in [7, 11) is 0. The van der Waals surface area contributed by atoms with Crippen molar-refractivity contribution in [2.45, 2.75) is 18.8 Å². The monoisotopic (exact) mass is 176 g/mol. The Bertz CT molecular complexity index is 132. The zero-order chi connectivity index (χ0) is 8.10. The van der Waals surface area contributed by atoms with E-state index in [9.17, 15) is 4.79 Å². The molecule has 0 N–H and O–H groups in total. The van der Waals surface area contributed by atoms with Gasteiger partial charge in [0, 0.05) is 5.75 Å². The van der Waals surface area contributed by atoms with E-state index in [2.05, 4.69) is 0 Å². The van der Waals surface area contributed by atoms with Crippen LogP contribution < -0.4 is 0 Å². The summed E-state index contributed by atoms with van der Waals surface area (Å²) in [6.45, 7) is 3.02. The zero-order valence-electron chi connectivity index (χ0n) is 6.54. The zero-order valence-corrected chi connectivity index (χ0v) is 7.36. The standard InChI is InChI=1S/C7H12O3S/c1-2-9-6(8)5-7-10-3-4-11-7/h7H,2-5H2,1H3. The van der Waals surface area contributed by atoms with Crippen LogP contribution in [0, 0.1) is 0 Å². The minimum absolute atomic E-state index is 0.0362. The number of rotatable bonds is 3. The first-order chi connectivity index (χ1) is 5.33. The van der Waals surface area contributed by atoms with Gasteiger partial charge in [0.15, 0.2) is 0 Å². The van der Waals surface area contributed by atoms with Crippen LogP contribution in [0.15, 0.2) is 0 Å². The molecule has 1 aliphatic rings. The van der Waals surface area contributed by atoms with Crippen LogP contribution in [-0.4, -0.2) is 30.4 Å². The number of esters is 1. The van der Waals surface area contributed by atoms with Crippen LogP contribution in [0.2, 0.25) is 0 Å². The molecule has 0 saturated carbocycles. The van der Waals surface area contributed by atoms with Crippen molar-refractivity contribution in [3.8, 4) is 0 Å². The fraction of sp³-hybridized carbons (Fsp3) is 0.857. The minimum atomic E-state index is -0.160. The molecule has 0 aromatic carbocycles. The van der Waals surface area contributed by atoms with Crippen molar-refractivity contribution in [3.63, 3.8) is 0 Å². The summed E-state index contributed by atoms with van der Waals surface area (Å²) in [5, 5.41) is 0. The molecule has 0 amide bonds. The molecule has 3 nitrogen and oxygen atoms in total. The molecule has 1 saturated heterocycles. The van der Waals surface area contributed by atoms with Gasteiger partial charge in [0.05, 0.1) is 19.6 Å². The highest BCUT2D eigenvalue weighted by Crippen LogP contribution is 2.22. The van der Waals surface area contributed by atoms with E-state index in [-0.39, 0.29) is 11.4 Å². The second kappa shape index (κ2) is 4.62. The lowest BCUT2D eigenvalue weighted by Gasteiger charge is -2.06. The molecule has 64 valence electrons. The molecule has 1 atom stereocenters. The molecule has 0 aliphatic carbocycles. The molecule has 1 rings (SSSR count). The van der Waals surface area contributed by atoms with Gasteiger partial charge in [0.1, 0.15) is 5.44 Å². The predicted octanol–water partition coefficient (Wildman–Crippen LogP) is 1.03. The highest BCUT2D eigenvalue weighted by Gasteiger charge is 2.19. The van der Waals surface area contributed by atoms with Crippen molar-refractivity contribution in [2.75, 3.05) is 19.0 Å². The molecule has 1 heterocycles. The topological polar surface area (TPSA) is 35.5 Å². The molecule has 0 aromatic heterocycles. The smallest absolute Gasteiger partial charge is 0.309 e. The maximum absolute atomic E-state index is 10.9. The van der Waals surface area contributed by atoms with Crippen molar-refractivity contribution >= 4 is 17.7 Å². The average molecular weight is 176 g/mol.